The third-order valence-corrected chi connectivity index (χ3v) is 17.6. The molecule has 3 atom stereocenters. The third-order valence-electron chi connectivity index (χ3n) is 17.6. The van der Waals surface area contributed by atoms with E-state index in [9.17, 15) is 0 Å². The van der Waals surface area contributed by atoms with Crippen LogP contribution in [-0.2, 0) is 16.2 Å². The van der Waals surface area contributed by atoms with Crippen molar-refractivity contribution in [2.24, 2.45) is 11.3 Å². The second-order valence-electron chi connectivity index (χ2n) is 21.5. The lowest BCUT2D eigenvalue weighted by Crippen LogP contribution is -2.46. The van der Waals surface area contributed by atoms with E-state index in [2.05, 4.69) is 257 Å². The number of nitrogens with zero attached hydrogens (tertiary/aromatic N) is 1. The third kappa shape index (κ3) is 5.48. The smallest absolute Gasteiger partial charge is 0.0562 e. The molecular weight excluding hydrogens is 831 g/mol. The second-order valence-corrected chi connectivity index (χ2v) is 21.5. The lowest BCUT2D eigenvalue weighted by molar-refractivity contribution is 0.387. The van der Waals surface area contributed by atoms with Gasteiger partial charge in [0.1, 0.15) is 0 Å². The Hall–Kier alpha value is -7.48. The molecule has 69 heavy (non-hydrogen) atoms. The summed E-state index contributed by atoms with van der Waals surface area (Å²) < 4.78 is 0. The summed E-state index contributed by atoms with van der Waals surface area (Å²) >= 11 is 0. The van der Waals surface area contributed by atoms with Gasteiger partial charge >= 0.3 is 0 Å². The first-order valence-electron chi connectivity index (χ1n) is 25.1. The van der Waals surface area contributed by atoms with Gasteiger partial charge < -0.3 is 4.90 Å². The fraction of sp³-hybridized carbons (Fsp3) is 0.176. The normalized spacial score (nSPS) is 21.7. The van der Waals surface area contributed by atoms with Crippen molar-refractivity contribution in [3.05, 3.63) is 280 Å². The summed E-state index contributed by atoms with van der Waals surface area (Å²) in [5.41, 5.74) is 25.3. The van der Waals surface area contributed by atoms with E-state index in [0.717, 1.165) is 12.8 Å². The Labute approximate surface area is 407 Å². The summed E-state index contributed by atoms with van der Waals surface area (Å²) in [5.74, 6) is 0.943. The number of hydrogen-bond acceptors (Lipinski definition) is 1. The van der Waals surface area contributed by atoms with Gasteiger partial charge in [-0.05, 0) is 150 Å². The molecule has 0 aromatic heterocycles. The van der Waals surface area contributed by atoms with Gasteiger partial charge in [-0.2, -0.15) is 0 Å². The monoisotopic (exact) mass is 885 g/mol. The van der Waals surface area contributed by atoms with E-state index in [0.29, 0.717) is 11.8 Å². The van der Waals surface area contributed by atoms with E-state index in [1.807, 2.05) is 0 Å². The van der Waals surface area contributed by atoms with Gasteiger partial charge in [-0.1, -0.05) is 210 Å². The summed E-state index contributed by atoms with van der Waals surface area (Å²) in [7, 11) is 0. The Kier molecular flexibility index (Phi) is 8.54. The van der Waals surface area contributed by atoms with Crippen molar-refractivity contribution in [1.82, 2.24) is 0 Å². The van der Waals surface area contributed by atoms with Crippen LogP contribution in [0, 0.1) is 11.3 Å². The minimum Gasteiger partial charge on any atom is -0.314 e. The maximum Gasteiger partial charge on any atom is 0.0562 e. The van der Waals surface area contributed by atoms with E-state index >= 15 is 0 Å². The highest BCUT2D eigenvalue weighted by Crippen LogP contribution is 2.84. The molecule has 0 bridgehead atoms. The Morgan fingerprint density at radius 1 is 0.420 bits per heavy atom. The fourth-order valence-corrected chi connectivity index (χ4v) is 14.4. The van der Waals surface area contributed by atoms with Gasteiger partial charge in [0.25, 0.3) is 0 Å². The summed E-state index contributed by atoms with van der Waals surface area (Å²) in [6.07, 6.45) is 16.4. The average Bonchev–Trinajstić information content (AvgIpc) is 3.95. The van der Waals surface area contributed by atoms with Gasteiger partial charge in [0, 0.05) is 39.2 Å². The molecule has 1 fully saturated rings. The van der Waals surface area contributed by atoms with Gasteiger partial charge in [0.15, 0.2) is 0 Å². The lowest BCUT2D eigenvalue weighted by atomic mass is 9.51. The topological polar surface area (TPSA) is 3.24 Å². The highest BCUT2D eigenvalue weighted by Gasteiger charge is 2.79. The standard InChI is InChI=1S/C68H55N/c1-65(2)56-22-9-8-21-53(56)54-39-37-52(43-62(54)65)69(50-33-28-45(29-34-50)44-17-6-5-7-18-44)51-35-30-46(31-36-51)47-19-16-20-48(41-47)49-32-38-55-63(42-49)68(67-40-15-14-27-61(67)64(55)67)59-25-12-10-23-57(59)66(3,4)58-24-11-13-26-60(58)68/h5-30,32-35,37-43,61,64H,31,36H2,1-4H3/t61-,64?,67?/m0/s1. The van der Waals surface area contributed by atoms with Gasteiger partial charge in [-0.15, -0.1) is 0 Å². The molecular formula is C68H55N. The van der Waals surface area contributed by atoms with Gasteiger partial charge in [0.2, 0.25) is 0 Å². The van der Waals surface area contributed by atoms with E-state index in [-0.39, 0.29) is 21.7 Å². The molecule has 1 saturated carbocycles. The average molecular weight is 886 g/mol. The number of benzene rings is 8. The minimum absolute atomic E-state index is 0.0248. The van der Waals surface area contributed by atoms with Crippen LogP contribution in [-0.4, -0.2) is 0 Å². The summed E-state index contributed by atoms with van der Waals surface area (Å²) in [6, 6.07) is 71.6. The largest absolute Gasteiger partial charge is 0.314 e. The van der Waals surface area contributed by atoms with Crippen molar-refractivity contribution in [3.63, 3.8) is 0 Å². The first kappa shape index (κ1) is 40.6. The highest BCUT2D eigenvalue weighted by atomic mass is 15.1. The zero-order chi connectivity index (χ0) is 46.3. The summed E-state index contributed by atoms with van der Waals surface area (Å²) in [6.45, 7) is 9.61. The molecule has 2 unspecified atom stereocenters. The van der Waals surface area contributed by atoms with E-state index in [1.165, 1.54) is 106 Å². The molecule has 2 spiro atoms. The quantitative estimate of drug-likeness (QED) is 0.161. The van der Waals surface area contributed by atoms with Crippen LogP contribution in [0.5, 0.6) is 0 Å². The SMILES string of the molecule is CC1(C)c2ccccc2-c2ccc(N(C3=CC=C(c4cccc(-c5ccc6c(c5)C5(c7ccccc7C(C)(C)c7ccccc75)C57C=CC=C[C@H]5C67)c4)CC3)c3ccc(-c4ccccc4)cc3)cc21. The van der Waals surface area contributed by atoms with Crippen LogP contribution in [0.1, 0.15) is 96.5 Å². The number of anilines is 2. The van der Waals surface area contributed by atoms with Crippen LogP contribution >= 0.6 is 0 Å². The van der Waals surface area contributed by atoms with Gasteiger partial charge in [-0.25, -0.2) is 0 Å². The van der Waals surface area contributed by atoms with Crippen molar-refractivity contribution in [3.8, 4) is 33.4 Å². The molecule has 1 nitrogen and oxygen atoms in total. The molecule has 6 aliphatic rings. The van der Waals surface area contributed by atoms with Crippen molar-refractivity contribution in [1.29, 1.82) is 0 Å². The van der Waals surface area contributed by atoms with Crippen LogP contribution in [0.4, 0.5) is 11.4 Å². The molecule has 0 saturated heterocycles. The zero-order valence-corrected chi connectivity index (χ0v) is 39.9. The number of rotatable bonds is 6. The second kappa shape index (κ2) is 14.5. The zero-order valence-electron chi connectivity index (χ0n) is 39.9. The first-order valence-corrected chi connectivity index (χ1v) is 25.1. The minimum atomic E-state index is -0.283. The Morgan fingerprint density at radius 2 is 1.01 bits per heavy atom. The molecule has 1 heteroatoms. The Balaban J connectivity index is 0.854. The molecule has 332 valence electrons. The van der Waals surface area contributed by atoms with E-state index in [4.69, 9.17) is 0 Å². The maximum absolute atomic E-state index is 2.59. The fourth-order valence-electron chi connectivity index (χ4n) is 14.4. The predicted octanol–water partition coefficient (Wildman–Crippen LogP) is 17.0. The van der Waals surface area contributed by atoms with E-state index in [1.54, 1.807) is 0 Å². The molecule has 8 aromatic rings. The highest BCUT2D eigenvalue weighted by molar-refractivity contribution is 5.86. The van der Waals surface area contributed by atoms with Crippen molar-refractivity contribution in [2.75, 3.05) is 4.90 Å². The van der Waals surface area contributed by atoms with Crippen LogP contribution in [0.2, 0.25) is 0 Å². The molecule has 0 amide bonds. The Bertz CT molecular complexity index is 3520. The molecule has 6 aliphatic carbocycles. The number of allylic oxidation sites excluding steroid dienone is 8. The van der Waals surface area contributed by atoms with E-state index < -0.39 is 0 Å². The summed E-state index contributed by atoms with van der Waals surface area (Å²) in [4.78, 5) is 2.51. The molecule has 8 aromatic carbocycles. The predicted molar refractivity (Wildman–Crippen MR) is 287 cm³/mol. The van der Waals surface area contributed by atoms with Crippen molar-refractivity contribution in [2.45, 2.75) is 62.7 Å². The van der Waals surface area contributed by atoms with Crippen LogP contribution in [0.15, 0.2) is 230 Å². The Morgan fingerprint density at radius 3 is 1.75 bits per heavy atom. The van der Waals surface area contributed by atoms with Crippen molar-refractivity contribution < 1.29 is 0 Å². The molecule has 14 rings (SSSR count). The van der Waals surface area contributed by atoms with Crippen LogP contribution < -0.4 is 4.90 Å². The lowest BCUT2D eigenvalue weighted by Gasteiger charge is -2.50. The molecule has 0 radical (unpaired) electrons. The molecule has 0 heterocycles. The van der Waals surface area contributed by atoms with Gasteiger partial charge in [0.05, 0.1) is 5.41 Å². The van der Waals surface area contributed by atoms with Crippen molar-refractivity contribution >= 4 is 16.9 Å². The molecule has 0 aliphatic heterocycles. The maximum atomic E-state index is 2.59. The van der Waals surface area contributed by atoms with Crippen LogP contribution in [0.25, 0.3) is 39.0 Å². The number of fused-ring (bicyclic) bond motifs is 11. The van der Waals surface area contributed by atoms with Crippen LogP contribution in [0.3, 0.4) is 0 Å². The number of hydrogen-bond donors (Lipinski definition) is 0. The molecule has 0 N–H and O–H groups in total. The van der Waals surface area contributed by atoms with Gasteiger partial charge in [-0.3, -0.25) is 0 Å². The first-order chi connectivity index (χ1) is 33.7. The summed E-state index contributed by atoms with van der Waals surface area (Å²) in [5, 5.41) is 0.